The minimum absolute atomic E-state index is 0.242. The van der Waals surface area contributed by atoms with E-state index >= 15 is 0 Å². The van der Waals surface area contributed by atoms with E-state index < -0.39 is 5.60 Å². The van der Waals surface area contributed by atoms with Crippen LogP contribution in [-0.4, -0.2) is 48.2 Å². The number of nitrogens with zero attached hydrogens (tertiary/aromatic N) is 6. The molecular formula is C20H24N7O2+. The van der Waals surface area contributed by atoms with Crippen molar-refractivity contribution in [1.82, 2.24) is 24.3 Å². The highest BCUT2D eigenvalue weighted by Crippen LogP contribution is 2.32. The van der Waals surface area contributed by atoms with Gasteiger partial charge in [-0.05, 0) is 49.4 Å². The molecule has 1 aliphatic carbocycles. The first kappa shape index (κ1) is 17.9. The standard InChI is InChI=1S/C20H24N7O2/c1-20(28)7-3-15(4-8-20)22-19-23-18(29-2)17-16(6-11-26(17)24-19)14-5-10-25-12-9-21-27(25)13-14/h5-6,9-13,15,28H,3-4,7-8H2,1-2H3,(H,22,24)/q+1. The summed E-state index contributed by atoms with van der Waals surface area (Å²) >= 11 is 0. The van der Waals surface area contributed by atoms with Crippen LogP contribution in [0.3, 0.4) is 0 Å². The summed E-state index contributed by atoms with van der Waals surface area (Å²) in [7, 11) is 1.62. The fraction of sp³-hybridized carbons (Fsp3) is 0.400. The van der Waals surface area contributed by atoms with Crippen molar-refractivity contribution in [2.24, 2.45) is 0 Å². The Morgan fingerprint density at radius 2 is 2.10 bits per heavy atom. The molecule has 1 fully saturated rings. The maximum absolute atomic E-state index is 10.2. The highest BCUT2D eigenvalue weighted by atomic mass is 16.5. The highest BCUT2D eigenvalue weighted by Gasteiger charge is 2.29. The maximum atomic E-state index is 10.2. The molecule has 0 spiro atoms. The molecule has 4 aromatic rings. The SMILES string of the molecule is COc1nc(NC2CCC(C)(O)CC2)nn2ccc(-c3cc[n+]4ccnn4c3)c12. The first-order valence-corrected chi connectivity index (χ1v) is 9.80. The number of nitrogens with one attached hydrogen (secondary N) is 1. The zero-order chi connectivity index (χ0) is 20.0. The summed E-state index contributed by atoms with van der Waals surface area (Å²) in [6.07, 6.45) is 12.7. The summed E-state index contributed by atoms with van der Waals surface area (Å²) in [5.41, 5.74) is 2.21. The molecular weight excluding hydrogens is 370 g/mol. The van der Waals surface area contributed by atoms with Gasteiger partial charge >= 0.3 is 0 Å². The molecule has 0 atom stereocenters. The van der Waals surface area contributed by atoms with Crippen molar-refractivity contribution in [2.75, 3.05) is 12.4 Å². The third-order valence-electron chi connectivity index (χ3n) is 5.68. The Bertz CT molecular complexity index is 1170. The van der Waals surface area contributed by atoms with Gasteiger partial charge < -0.3 is 15.2 Å². The summed E-state index contributed by atoms with van der Waals surface area (Å²) in [4.78, 5) is 4.61. The first-order chi connectivity index (χ1) is 14.0. The van der Waals surface area contributed by atoms with Crippen LogP contribution >= 0.6 is 0 Å². The molecule has 0 amide bonds. The van der Waals surface area contributed by atoms with Gasteiger partial charge in [0, 0.05) is 28.5 Å². The van der Waals surface area contributed by atoms with Crippen molar-refractivity contribution in [2.45, 2.75) is 44.2 Å². The van der Waals surface area contributed by atoms with Crippen LogP contribution in [0.25, 0.3) is 16.6 Å². The summed E-state index contributed by atoms with van der Waals surface area (Å²) in [5.74, 6) is 1.04. The summed E-state index contributed by atoms with van der Waals surface area (Å²) in [6.45, 7) is 1.90. The fourth-order valence-electron chi connectivity index (χ4n) is 3.99. The number of aliphatic hydroxyl groups is 1. The number of aromatic nitrogens is 6. The van der Waals surface area contributed by atoms with Gasteiger partial charge in [-0.2, -0.15) is 4.98 Å². The van der Waals surface area contributed by atoms with E-state index in [2.05, 4.69) is 20.5 Å². The zero-order valence-electron chi connectivity index (χ0n) is 16.5. The molecule has 1 aliphatic rings. The van der Waals surface area contributed by atoms with Crippen LogP contribution in [0.2, 0.25) is 0 Å². The smallest absolute Gasteiger partial charge is 0.244 e. The van der Waals surface area contributed by atoms with E-state index in [9.17, 15) is 5.11 Å². The molecule has 2 N–H and O–H groups in total. The largest absolute Gasteiger partial charge is 0.479 e. The summed E-state index contributed by atoms with van der Waals surface area (Å²) < 4.78 is 11.1. The Kier molecular flexibility index (Phi) is 4.13. The van der Waals surface area contributed by atoms with Crippen molar-refractivity contribution in [1.29, 1.82) is 0 Å². The molecule has 4 aromatic heterocycles. The van der Waals surface area contributed by atoms with E-state index in [1.54, 1.807) is 22.5 Å². The van der Waals surface area contributed by atoms with Crippen LogP contribution < -0.4 is 14.6 Å². The second kappa shape index (κ2) is 6.70. The number of ether oxygens (including phenoxy) is 1. The lowest BCUT2D eigenvalue weighted by atomic mass is 9.84. The maximum Gasteiger partial charge on any atom is 0.244 e. The van der Waals surface area contributed by atoms with Gasteiger partial charge in [-0.25, -0.2) is 4.52 Å². The van der Waals surface area contributed by atoms with Crippen LogP contribution in [0, 0.1) is 0 Å². The minimum atomic E-state index is -0.566. The van der Waals surface area contributed by atoms with E-state index in [1.807, 2.05) is 48.4 Å². The van der Waals surface area contributed by atoms with Gasteiger partial charge in [-0.3, -0.25) is 0 Å². The van der Waals surface area contributed by atoms with Gasteiger partial charge in [0.05, 0.1) is 12.7 Å². The second-order valence-electron chi connectivity index (χ2n) is 7.90. The Morgan fingerprint density at radius 3 is 2.90 bits per heavy atom. The average molecular weight is 394 g/mol. The molecule has 0 bridgehead atoms. The average Bonchev–Trinajstić information content (AvgIpc) is 3.35. The molecule has 0 saturated heterocycles. The number of fused-ring (bicyclic) bond motifs is 2. The molecule has 5 rings (SSSR count). The van der Waals surface area contributed by atoms with E-state index in [0.717, 1.165) is 42.3 Å². The third kappa shape index (κ3) is 3.27. The number of anilines is 1. The summed E-state index contributed by atoms with van der Waals surface area (Å²) in [6, 6.07) is 4.27. The molecule has 150 valence electrons. The van der Waals surface area contributed by atoms with E-state index in [-0.39, 0.29) is 6.04 Å². The van der Waals surface area contributed by atoms with E-state index in [4.69, 9.17) is 4.74 Å². The van der Waals surface area contributed by atoms with Crippen LogP contribution in [0.4, 0.5) is 5.95 Å². The van der Waals surface area contributed by atoms with Crippen molar-refractivity contribution in [3.05, 3.63) is 43.1 Å². The van der Waals surface area contributed by atoms with E-state index in [1.165, 1.54) is 0 Å². The normalized spacial score (nSPS) is 22.2. The Labute approximate surface area is 167 Å². The molecule has 0 unspecified atom stereocenters. The van der Waals surface area contributed by atoms with Gasteiger partial charge in [0.1, 0.15) is 17.9 Å². The lowest BCUT2D eigenvalue weighted by molar-refractivity contribution is -0.622. The monoisotopic (exact) mass is 394 g/mol. The van der Waals surface area contributed by atoms with Gasteiger partial charge in [-0.1, -0.05) is 0 Å². The Morgan fingerprint density at radius 1 is 1.28 bits per heavy atom. The van der Waals surface area contributed by atoms with Crippen molar-refractivity contribution in [3.63, 3.8) is 0 Å². The number of hydrogen-bond acceptors (Lipinski definition) is 6. The molecule has 4 heterocycles. The second-order valence-corrected chi connectivity index (χ2v) is 7.90. The molecule has 9 heteroatoms. The quantitative estimate of drug-likeness (QED) is 0.512. The minimum Gasteiger partial charge on any atom is -0.479 e. The van der Waals surface area contributed by atoms with Crippen molar-refractivity contribution >= 4 is 11.5 Å². The zero-order valence-corrected chi connectivity index (χ0v) is 16.5. The third-order valence-corrected chi connectivity index (χ3v) is 5.68. The topological polar surface area (TPSA) is 93.1 Å². The Hall–Kier alpha value is -3.20. The fourth-order valence-corrected chi connectivity index (χ4v) is 3.99. The van der Waals surface area contributed by atoms with Gasteiger partial charge in [0.15, 0.2) is 6.20 Å². The lowest BCUT2D eigenvalue weighted by Gasteiger charge is -2.33. The van der Waals surface area contributed by atoms with Gasteiger partial charge in [-0.15, -0.1) is 9.61 Å². The molecule has 0 aliphatic heterocycles. The van der Waals surface area contributed by atoms with Crippen LogP contribution in [0.5, 0.6) is 5.88 Å². The predicted octanol–water partition coefficient (Wildman–Crippen LogP) is 1.74. The van der Waals surface area contributed by atoms with Crippen molar-refractivity contribution < 1.29 is 14.4 Å². The summed E-state index contributed by atoms with van der Waals surface area (Å²) in [5, 5.41) is 22.5. The lowest BCUT2D eigenvalue weighted by Crippen LogP contribution is -2.36. The van der Waals surface area contributed by atoms with Crippen LogP contribution in [-0.2, 0) is 0 Å². The van der Waals surface area contributed by atoms with Gasteiger partial charge in [0.2, 0.25) is 18.0 Å². The predicted molar refractivity (Wildman–Crippen MR) is 106 cm³/mol. The van der Waals surface area contributed by atoms with E-state index in [0.29, 0.717) is 11.8 Å². The van der Waals surface area contributed by atoms with Gasteiger partial charge in [0.25, 0.3) is 0 Å². The molecule has 29 heavy (non-hydrogen) atoms. The van der Waals surface area contributed by atoms with Crippen LogP contribution in [0.1, 0.15) is 32.6 Å². The van der Waals surface area contributed by atoms with Crippen LogP contribution in [0.15, 0.2) is 43.1 Å². The number of hydrogen-bond donors (Lipinski definition) is 2. The first-order valence-electron chi connectivity index (χ1n) is 9.80. The molecule has 1 saturated carbocycles. The molecule has 0 aromatic carbocycles. The number of methoxy groups -OCH3 is 1. The Balaban J connectivity index is 1.49. The molecule has 9 nitrogen and oxygen atoms in total. The molecule has 0 radical (unpaired) electrons. The van der Waals surface area contributed by atoms with Crippen molar-refractivity contribution in [3.8, 4) is 17.0 Å². The highest BCUT2D eigenvalue weighted by molar-refractivity contribution is 5.84. The number of rotatable bonds is 4.